The maximum atomic E-state index is 13.3. The highest BCUT2D eigenvalue weighted by Gasteiger charge is 2.23. The fourth-order valence-electron chi connectivity index (χ4n) is 5.25. The first-order valence-electron chi connectivity index (χ1n) is 15.5. The first-order valence-corrected chi connectivity index (χ1v) is 15.5. The number of ether oxygens (including phenoxy) is 2. The molecule has 1 aromatic heterocycles. The molecule has 4 aromatic rings. The molecule has 1 unspecified atom stereocenters. The van der Waals surface area contributed by atoms with E-state index in [2.05, 4.69) is 55.5 Å². The number of hydrogen-bond acceptors (Lipinski definition) is 6. The fraction of sp³-hybridized carbons (Fsp3) is 0.429. The van der Waals surface area contributed by atoms with Crippen molar-refractivity contribution in [3.63, 3.8) is 0 Å². The van der Waals surface area contributed by atoms with Crippen LogP contribution in [-0.2, 0) is 10.2 Å². The molecule has 0 bridgehead atoms. The maximum Gasteiger partial charge on any atom is 0.324 e. The summed E-state index contributed by atoms with van der Waals surface area (Å²) in [5.74, 6) is 1.40. The molecule has 9 nitrogen and oxygen atoms in total. The Morgan fingerprint density at radius 1 is 1.05 bits per heavy atom. The summed E-state index contributed by atoms with van der Waals surface area (Å²) in [4.78, 5) is 15.7. The van der Waals surface area contributed by atoms with Crippen LogP contribution in [0.4, 0.5) is 16.3 Å². The lowest BCUT2D eigenvalue weighted by Gasteiger charge is -2.33. The van der Waals surface area contributed by atoms with Gasteiger partial charge in [0.2, 0.25) is 0 Å². The molecule has 2 heterocycles. The second kappa shape index (κ2) is 13.8. The zero-order valence-electron chi connectivity index (χ0n) is 26.8. The minimum Gasteiger partial charge on any atom is -0.492 e. The van der Waals surface area contributed by atoms with E-state index in [1.807, 2.05) is 73.7 Å². The van der Waals surface area contributed by atoms with E-state index in [1.165, 1.54) is 0 Å². The lowest BCUT2D eigenvalue weighted by Crippen LogP contribution is -2.48. The van der Waals surface area contributed by atoms with Gasteiger partial charge in [0.25, 0.3) is 0 Å². The Morgan fingerprint density at radius 2 is 1.80 bits per heavy atom. The monoisotopic (exact) mass is 598 g/mol. The third-order valence-corrected chi connectivity index (χ3v) is 7.77. The van der Waals surface area contributed by atoms with Gasteiger partial charge in [0, 0.05) is 54.5 Å². The smallest absolute Gasteiger partial charge is 0.324 e. The Labute approximate surface area is 260 Å². The number of carbonyl (C=O) groups is 1. The molecule has 0 spiro atoms. The zero-order valence-corrected chi connectivity index (χ0v) is 26.8. The summed E-state index contributed by atoms with van der Waals surface area (Å²) in [6.07, 6.45) is 0.194. The van der Waals surface area contributed by atoms with E-state index in [-0.39, 0.29) is 17.6 Å². The van der Waals surface area contributed by atoms with Gasteiger partial charge in [-0.3, -0.25) is 10.2 Å². The quantitative estimate of drug-likeness (QED) is 0.197. The molecule has 2 amide bonds. The zero-order chi connectivity index (χ0) is 31.3. The summed E-state index contributed by atoms with van der Waals surface area (Å²) < 4.78 is 14.0. The lowest BCUT2D eigenvalue weighted by molar-refractivity contribution is -0.0306. The SMILES string of the molecule is Cc1ccc(-n2nc(C(C)(C)C)cc2NC(=O)Nc2ccc(OCCN3CCOC(CNC(C)C)C3)c3ccccc23)cc1. The largest absolute Gasteiger partial charge is 0.492 e. The number of aryl methyl sites for hydroxylation is 1. The van der Waals surface area contributed by atoms with Gasteiger partial charge in [0.1, 0.15) is 18.2 Å². The highest BCUT2D eigenvalue weighted by molar-refractivity contribution is 6.07. The second-order valence-electron chi connectivity index (χ2n) is 12.9. The van der Waals surface area contributed by atoms with Crippen LogP contribution in [0.25, 0.3) is 16.5 Å². The predicted molar refractivity (Wildman–Crippen MR) is 178 cm³/mol. The number of urea groups is 1. The summed E-state index contributed by atoms with van der Waals surface area (Å²) >= 11 is 0. The first-order chi connectivity index (χ1) is 21.1. The van der Waals surface area contributed by atoms with E-state index in [0.29, 0.717) is 24.2 Å². The third-order valence-electron chi connectivity index (χ3n) is 7.77. The van der Waals surface area contributed by atoms with Crippen molar-refractivity contribution in [3.8, 4) is 11.4 Å². The number of morpholine rings is 1. The molecule has 3 N–H and O–H groups in total. The molecule has 1 atom stereocenters. The minimum absolute atomic E-state index is 0.177. The molecule has 1 aliphatic rings. The van der Waals surface area contributed by atoms with Crippen molar-refractivity contribution >= 4 is 28.3 Å². The van der Waals surface area contributed by atoms with E-state index >= 15 is 0 Å². The van der Waals surface area contributed by atoms with Crippen LogP contribution in [0.3, 0.4) is 0 Å². The van der Waals surface area contributed by atoms with Gasteiger partial charge >= 0.3 is 6.03 Å². The standard InChI is InChI=1S/C35H46N6O3/c1-24(2)36-22-27-23-40(17-19-43-27)18-20-44-31-16-15-30(28-9-7-8-10-29(28)31)37-34(42)38-33-21-32(35(4,5)6)39-41(33)26-13-11-25(3)12-14-26/h7-16,21,24,27,36H,17-20,22-23H2,1-6H3,(H2,37,38,42). The number of benzene rings is 3. The maximum absolute atomic E-state index is 13.3. The van der Waals surface area contributed by atoms with Crippen LogP contribution in [0.2, 0.25) is 0 Å². The number of amides is 2. The number of fused-ring (bicyclic) bond motifs is 1. The van der Waals surface area contributed by atoms with Crippen molar-refractivity contribution in [2.75, 3.05) is 50.0 Å². The average molecular weight is 599 g/mol. The summed E-state index contributed by atoms with van der Waals surface area (Å²) in [7, 11) is 0. The summed E-state index contributed by atoms with van der Waals surface area (Å²) in [6.45, 7) is 17.5. The fourth-order valence-corrected chi connectivity index (χ4v) is 5.25. The van der Waals surface area contributed by atoms with E-state index in [1.54, 1.807) is 4.68 Å². The van der Waals surface area contributed by atoms with Crippen molar-refractivity contribution in [3.05, 3.63) is 78.0 Å². The number of hydrogen-bond donors (Lipinski definition) is 3. The highest BCUT2D eigenvalue weighted by atomic mass is 16.5. The Hall–Kier alpha value is -3.92. The predicted octanol–water partition coefficient (Wildman–Crippen LogP) is 6.35. The number of aromatic nitrogens is 2. The van der Waals surface area contributed by atoms with Crippen LogP contribution >= 0.6 is 0 Å². The van der Waals surface area contributed by atoms with Gasteiger partial charge in [-0.05, 0) is 31.2 Å². The van der Waals surface area contributed by atoms with Crippen molar-refractivity contribution in [1.29, 1.82) is 0 Å². The van der Waals surface area contributed by atoms with Crippen LogP contribution in [-0.4, -0.2) is 72.3 Å². The Bertz CT molecular complexity index is 1560. The van der Waals surface area contributed by atoms with E-state index < -0.39 is 0 Å². The third kappa shape index (κ3) is 7.96. The molecule has 0 aliphatic carbocycles. The average Bonchev–Trinajstić information content (AvgIpc) is 3.42. The van der Waals surface area contributed by atoms with Crippen LogP contribution in [0.15, 0.2) is 66.7 Å². The topological polar surface area (TPSA) is 92.7 Å². The summed E-state index contributed by atoms with van der Waals surface area (Å²) in [6, 6.07) is 21.9. The number of carbonyl (C=O) groups excluding carboxylic acids is 1. The molecule has 5 rings (SSSR count). The molecule has 1 saturated heterocycles. The summed E-state index contributed by atoms with van der Waals surface area (Å²) in [5.41, 5.74) is 3.46. The van der Waals surface area contributed by atoms with Gasteiger partial charge in [-0.25, -0.2) is 9.48 Å². The molecule has 1 fully saturated rings. The van der Waals surface area contributed by atoms with Crippen molar-refractivity contribution in [1.82, 2.24) is 20.0 Å². The van der Waals surface area contributed by atoms with Crippen molar-refractivity contribution in [2.45, 2.75) is 59.1 Å². The first kappa shape index (κ1) is 31.5. The van der Waals surface area contributed by atoms with Crippen molar-refractivity contribution < 1.29 is 14.3 Å². The molecule has 0 saturated carbocycles. The van der Waals surface area contributed by atoms with Crippen LogP contribution in [0.5, 0.6) is 5.75 Å². The number of rotatable bonds is 10. The molecule has 0 radical (unpaired) electrons. The van der Waals surface area contributed by atoms with E-state index in [0.717, 1.165) is 66.3 Å². The van der Waals surface area contributed by atoms with Gasteiger partial charge < -0.3 is 20.1 Å². The molecule has 1 aliphatic heterocycles. The summed E-state index contributed by atoms with van der Waals surface area (Å²) in [5, 5.41) is 16.2. The van der Waals surface area contributed by atoms with Gasteiger partial charge in [-0.1, -0.05) is 76.6 Å². The molecular weight excluding hydrogens is 552 g/mol. The highest BCUT2D eigenvalue weighted by Crippen LogP contribution is 2.32. The van der Waals surface area contributed by atoms with E-state index in [4.69, 9.17) is 14.6 Å². The van der Waals surface area contributed by atoms with Gasteiger partial charge in [0.15, 0.2) is 0 Å². The van der Waals surface area contributed by atoms with Crippen LogP contribution in [0.1, 0.15) is 45.9 Å². The van der Waals surface area contributed by atoms with Gasteiger partial charge in [0.05, 0.1) is 29.8 Å². The molecule has 9 heteroatoms. The van der Waals surface area contributed by atoms with E-state index in [9.17, 15) is 4.79 Å². The Balaban J connectivity index is 1.26. The van der Waals surface area contributed by atoms with Crippen molar-refractivity contribution in [2.24, 2.45) is 0 Å². The molecular formula is C35H46N6O3. The Morgan fingerprint density at radius 3 is 2.52 bits per heavy atom. The second-order valence-corrected chi connectivity index (χ2v) is 12.9. The van der Waals surface area contributed by atoms with Gasteiger partial charge in [-0.2, -0.15) is 5.10 Å². The van der Waals surface area contributed by atoms with Gasteiger partial charge in [-0.15, -0.1) is 0 Å². The normalized spacial score (nSPS) is 15.9. The molecule has 44 heavy (non-hydrogen) atoms. The Kier molecular flexibility index (Phi) is 9.88. The van der Waals surface area contributed by atoms with Crippen LogP contribution in [0, 0.1) is 6.92 Å². The lowest BCUT2D eigenvalue weighted by atomic mass is 9.92. The minimum atomic E-state index is -0.341. The number of nitrogens with zero attached hydrogens (tertiary/aromatic N) is 3. The number of anilines is 2. The molecule has 234 valence electrons. The molecule has 3 aromatic carbocycles. The van der Waals surface area contributed by atoms with Crippen LogP contribution < -0.4 is 20.7 Å². The number of nitrogens with one attached hydrogen (secondary N) is 3.